The molecule has 3 rings (SSSR count). The Balaban J connectivity index is 1.98. The molecule has 16 heavy (non-hydrogen) atoms. The van der Waals surface area contributed by atoms with Crippen LogP contribution in [0.1, 0.15) is 30.9 Å². The summed E-state index contributed by atoms with van der Waals surface area (Å²) in [7, 11) is 0. The van der Waals surface area contributed by atoms with E-state index in [1.807, 2.05) is 12.1 Å². The van der Waals surface area contributed by atoms with Gasteiger partial charge in [-0.25, -0.2) is 0 Å². The van der Waals surface area contributed by atoms with Crippen molar-refractivity contribution in [2.75, 3.05) is 19.7 Å². The first kappa shape index (κ1) is 9.97. The fourth-order valence-electron chi connectivity index (χ4n) is 2.84. The summed E-state index contributed by atoms with van der Waals surface area (Å²) in [6.45, 7) is 3.06. The van der Waals surface area contributed by atoms with Crippen LogP contribution in [0, 0.1) is 0 Å². The van der Waals surface area contributed by atoms with Gasteiger partial charge in [0.05, 0.1) is 12.2 Å². The van der Waals surface area contributed by atoms with Gasteiger partial charge < -0.3 is 9.84 Å². The topological polar surface area (TPSA) is 32.7 Å². The molecular formula is C13H17NO2. The lowest BCUT2D eigenvalue weighted by Gasteiger charge is -2.33. The molecule has 86 valence electrons. The minimum Gasteiger partial charge on any atom is -0.507 e. The quantitative estimate of drug-likeness (QED) is 0.786. The summed E-state index contributed by atoms with van der Waals surface area (Å²) in [6, 6.07) is 5.92. The van der Waals surface area contributed by atoms with Crippen molar-refractivity contribution >= 4 is 0 Å². The summed E-state index contributed by atoms with van der Waals surface area (Å²) >= 11 is 0. The SMILES string of the molecule is Oc1cccc2c1C(N1CCCC1)CCO2. The van der Waals surface area contributed by atoms with Crippen molar-refractivity contribution in [3.05, 3.63) is 23.8 Å². The number of aromatic hydroxyl groups is 1. The number of nitrogens with zero attached hydrogens (tertiary/aromatic N) is 1. The summed E-state index contributed by atoms with van der Waals surface area (Å²) in [5.74, 6) is 1.25. The second kappa shape index (κ2) is 3.98. The van der Waals surface area contributed by atoms with Crippen LogP contribution in [0.25, 0.3) is 0 Å². The second-order valence-corrected chi connectivity index (χ2v) is 4.58. The number of phenolic OH excluding ortho intramolecular Hbond substituents is 1. The maximum absolute atomic E-state index is 9.98. The van der Waals surface area contributed by atoms with E-state index in [1.165, 1.54) is 12.8 Å². The van der Waals surface area contributed by atoms with Gasteiger partial charge in [-0.2, -0.15) is 0 Å². The number of phenols is 1. The predicted octanol–water partition coefficient (Wildman–Crippen LogP) is 2.31. The van der Waals surface area contributed by atoms with Crippen LogP contribution < -0.4 is 4.74 Å². The normalized spacial score (nSPS) is 25.1. The molecule has 1 saturated heterocycles. The third-order valence-electron chi connectivity index (χ3n) is 3.61. The van der Waals surface area contributed by atoms with E-state index in [4.69, 9.17) is 4.74 Å². The largest absolute Gasteiger partial charge is 0.507 e. The zero-order valence-electron chi connectivity index (χ0n) is 9.35. The van der Waals surface area contributed by atoms with Crippen molar-refractivity contribution < 1.29 is 9.84 Å². The number of fused-ring (bicyclic) bond motifs is 1. The van der Waals surface area contributed by atoms with E-state index < -0.39 is 0 Å². The van der Waals surface area contributed by atoms with E-state index in [0.29, 0.717) is 11.8 Å². The fraction of sp³-hybridized carbons (Fsp3) is 0.538. The molecule has 1 aromatic carbocycles. The molecule has 1 fully saturated rings. The first-order chi connectivity index (χ1) is 7.86. The highest BCUT2D eigenvalue weighted by molar-refractivity contribution is 5.47. The molecule has 0 radical (unpaired) electrons. The molecule has 1 atom stereocenters. The van der Waals surface area contributed by atoms with Gasteiger partial charge in [0, 0.05) is 12.5 Å². The van der Waals surface area contributed by atoms with Gasteiger partial charge in [-0.1, -0.05) is 6.07 Å². The third kappa shape index (κ3) is 1.55. The molecule has 2 aliphatic rings. The van der Waals surface area contributed by atoms with E-state index in [9.17, 15) is 5.11 Å². The van der Waals surface area contributed by atoms with Crippen LogP contribution >= 0.6 is 0 Å². The van der Waals surface area contributed by atoms with Gasteiger partial charge in [0.15, 0.2) is 0 Å². The first-order valence-electron chi connectivity index (χ1n) is 6.05. The van der Waals surface area contributed by atoms with Crippen molar-refractivity contribution in [2.24, 2.45) is 0 Å². The molecule has 0 saturated carbocycles. The van der Waals surface area contributed by atoms with Crippen LogP contribution in [-0.4, -0.2) is 29.7 Å². The Bertz CT molecular complexity index is 386. The van der Waals surface area contributed by atoms with Crippen molar-refractivity contribution in [3.8, 4) is 11.5 Å². The van der Waals surface area contributed by atoms with Gasteiger partial charge in [-0.15, -0.1) is 0 Å². The first-order valence-corrected chi connectivity index (χ1v) is 6.05. The minimum absolute atomic E-state index is 0.354. The van der Waals surface area contributed by atoms with Gasteiger partial charge in [0.1, 0.15) is 11.5 Å². The lowest BCUT2D eigenvalue weighted by molar-refractivity contribution is 0.162. The molecule has 0 aliphatic carbocycles. The summed E-state index contributed by atoms with van der Waals surface area (Å²) in [6.07, 6.45) is 3.55. The molecule has 0 amide bonds. The van der Waals surface area contributed by atoms with Crippen LogP contribution in [0.2, 0.25) is 0 Å². The molecule has 1 N–H and O–H groups in total. The summed E-state index contributed by atoms with van der Waals surface area (Å²) in [4.78, 5) is 2.47. The minimum atomic E-state index is 0.354. The molecule has 1 aromatic rings. The van der Waals surface area contributed by atoms with Gasteiger partial charge in [0.25, 0.3) is 0 Å². The third-order valence-corrected chi connectivity index (χ3v) is 3.61. The van der Waals surface area contributed by atoms with Crippen molar-refractivity contribution in [1.82, 2.24) is 4.90 Å². The molecule has 0 aromatic heterocycles. The van der Waals surface area contributed by atoms with Crippen LogP contribution in [0.3, 0.4) is 0 Å². The highest BCUT2D eigenvalue weighted by atomic mass is 16.5. The molecule has 0 bridgehead atoms. The monoisotopic (exact) mass is 219 g/mol. The van der Waals surface area contributed by atoms with Crippen molar-refractivity contribution in [2.45, 2.75) is 25.3 Å². The number of likely N-dealkylation sites (tertiary alicyclic amines) is 1. The Morgan fingerprint density at radius 2 is 2.06 bits per heavy atom. The number of hydrogen-bond donors (Lipinski definition) is 1. The Kier molecular flexibility index (Phi) is 2.48. The van der Waals surface area contributed by atoms with E-state index >= 15 is 0 Å². The Morgan fingerprint density at radius 3 is 2.88 bits per heavy atom. The summed E-state index contributed by atoms with van der Waals surface area (Å²) in [5, 5.41) is 9.98. The van der Waals surface area contributed by atoms with Gasteiger partial charge in [-0.3, -0.25) is 4.90 Å². The molecule has 3 nitrogen and oxygen atoms in total. The van der Waals surface area contributed by atoms with E-state index in [0.717, 1.165) is 37.4 Å². The molecule has 2 aliphatic heterocycles. The number of benzene rings is 1. The lowest BCUT2D eigenvalue weighted by atomic mass is 9.98. The smallest absolute Gasteiger partial charge is 0.127 e. The summed E-state index contributed by atoms with van der Waals surface area (Å²) in [5.41, 5.74) is 0.996. The average Bonchev–Trinajstić information content (AvgIpc) is 2.82. The highest BCUT2D eigenvalue weighted by Crippen LogP contribution is 2.42. The number of ether oxygens (including phenoxy) is 1. The van der Waals surface area contributed by atoms with E-state index in [1.54, 1.807) is 6.07 Å². The van der Waals surface area contributed by atoms with Gasteiger partial charge in [-0.05, 0) is 38.1 Å². The van der Waals surface area contributed by atoms with Crippen LogP contribution in [0.4, 0.5) is 0 Å². The molecule has 0 spiro atoms. The average molecular weight is 219 g/mol. The number of hydrogen-bond acceptors (Lipinski definition) is 3. The standard InChI is InChI=1S/C13H17NO2/c15-11-4-3-5-12-13(11)10(6-9-16-12)14-7-1-2-8-14/h3-5,10,15H,1-2,6-9H2. The Hall–Kier alpha value is -1.22. The zero-order valence-corrected chi connectivity index (χ0v) is 9.35. The van der Waals surface area contributed by atoms with Crippen LogP contribution in [0.5, 0.6) is 11.5 Å². The maximum atomic E-state index is 9.98. The maximum Gasteiger partial charge on any atom is 0.127 e. The highest BCUT2D eigenvalue weighted by Gasteiger charge is 2.30. The van der Waals surface area contributed by atoms with E-state index in [2.05, 4.69) is 4.90 Å². The Morgan fingerprint density at radius 1 is 1.25 bits per heavy atom. The molecule has 3 heteroatoms. The number of rotatable bonds is 1. The van der Waals surface area contributed by atoms with Crippen LogP contribution in [0.15, 0.2) is 18.2 Å². The lowest BCUT2D eigenvalue weighted by Crippen LogP contribution is -2.30. The molecule has 1 unspecified atom stereocenters. The second-order valence-electron chi connectivity index (χ2n) is 4.58. The predicted molar refractivity (Wildman–Crippen MR) is 61.8 cm³/mol. The van der Waals surface area contributed by atoms with Crippen LogP contribution in [-0.2, 0) is 0 Å². The summed E-state index contributed by atoms with van der Waals surface area (Å²) < 4.78 is 5.61. The van der Waals surface area contributed by atoms with E-state index in [-0.39, 0.29) is 0 Å². The van der Waals surface area contributed by atoms with Crippen molar-refractivity contribution in [1.29, 1.82) is 0 Å². The molecule has 2 heterocycles. The Labute approximate surface area is 95.6 Å². The van der Waals surface area contributed by atoms with Crippen molar-refractivity contribution in [3.63, 3.8) is 0 Å². The fourth-order valence-corrected chi connectivity index (χ4v) is 2.84. The van der Waals surface area contributed by atoms with Gasteiger partial charge in [0.2, 0.25) is 0 Å². The zero-order chi connectivity index (χ0) is 11.0. The van der Waals surface area contributed by atoms with Gasteiger partial charge >= 0.3 is 0 Å². The molecular weight excluding hydrogens is 202 g/mol.